The molecule has 3 aromatic rings. The number of thiazole rings is 1. The van der Waals surface area contributed by atoms with E-state index in [2.05, 4.69) is 4.98 Å². The average molecular weight is 293 g/mol. The number of rotatable bonds is 3. The molecule has 0 unspecified atom stereocenters. The highest BCUT2D eigenvalue weighted by Gasteiger charge is 2.14. The van der Waals surface area contributed by atoms with E-state index in [4.69, 9.17) is 21.8 Å². The second-order valence-electron chi connectivity index (χ2n) is 4.07. The lowest BCUT2D eigenvalue weighted by molar-refractivity contribution is 0.0967. The lowest BCUT2D eigenvalue weighted by Crippen LogP contribution is -2.02. The Morgan fingerprint density at radius 3 is 3.00 bits per heavy atom. The number of nitrogen functional groups attached to an aromatic ring is 1. The van der Waals surface area contributed by atoms with E-state index in [-0.39, 0.29) is 12.2 Å². The number of anilines is 1. The fraction of sp³-hybridized carbons (Fsp3) is 0.0769. The van der Waals surface area contributed by atoms with Gasteiger partial charge in [-0.1, -0.05) is 11.6 Å². The van der Waals surface area contributed by atoms with Crippen LogP contribution < -0.4 is 5.73 Å². The first-order valence-electron chi connectivity index (χ1n) is 5.54. The zero-order valence-corrected chi connectivity index (χ0v) is 11.3. The van der Waals surface area contributed by atoms with E-state index in [1.165, 1.54) is 11.3 Å². The van der Waals surface area contributed by atoms with Gasteiger partial charge in [-0.2, -0.15) is 0 Å². The van der Waals surface area contributed by atoms with Crippen LogP contribution in [0, 0.1) is 0 Å². The number of hydrogen-bond donors (Lipinski definition) is 1. The summed E-state index contributed by atoms with van der Waals surface area (Å²) in [5, 5.41) is 3.65. The lowest BCUT2D eigenvalue weighted by Gasteiger charge is -1.92. The molecule has 0 spiro atoms. The van der Waals surface area contributed by atoms with Gasteiger partial charge in [-0.15, -0.1) is 11.3 Å². The molecule has 0 bridgehead atoms. The Morgan fingerprint density at radius 1 is 1.42 bits per heavy atom. The number of furan rings is 1. The minimum absolute atomic E-state index is 0.127. The molecule has 19 heavy (non-hydrogen) atoms. The van der Waals surface area contributed by atoms with Gasteiger partial charge in [0.1, 0.15) is 5.58 Å². The highest BCUT2D eigenvalue weighted by atomic mass is 35.5. The Hall–Kier alpha value is -1.85. The van der Waals surface area contributed by atoms with Crippen LogP contribution in [0.5, 0.6) is 0 Å². The molecule has 0 saturated heterocycles. The number of fused-ring (bicyclic) bond motifs is 1. The molecular weight excluding hydrogens is 284 g/mol. The van der Waals surface area contributed by atoms with Crippen LogP contribution in [0.25, 0.3) is 11.0 Å². The first kappa shape index (κ1) is 12.2. The molecule has 2 N–H and O–H groups in total. The van der Waals surface area contributed by atoms with Crippen molar-refractivity contribution >= 4 is 44.8 Å². The van der Waals surface area contributed by atoms with Crippen LogP contribution in [0.15, 0.2) is 34.1 Å². The second-order valence-corrected chi connectivity index (χ2v) is 5.40. The minimum atomic E-state index is -0.127. The van der Waals surface area contributed by atoms with Crippen LogP contribution in [0.1, 0.15) is 16.2 Å². The highest BCUT2D eigenvalue weighted by molar-refractivity contribution is 7.13. The molecule has 0 radical (unpaired) electrons. The maximum atomic E-state index is 12.1. The van der Waals surface area contributed by atoms with Crippen LogP contribution >= 0.6 is 22.9 Å². The molecule has 4 nitrogen and oxygen atoms in total. The van der Waals surface area contributed by atoms with Crippen LogP contribution in [-0.2, 0) is 6.42 Å². The molecule has 0 aliphatic heterocycles. The standard InChI is InChI=1S/C13H9ClN2O2S/c14-8-1-2-11-7(3-8)4-12(18-11)10(17)5-9-6-19-13(15)16-9/h1-4,6H,5H2,(H2,15,16). The molecule has 2 heterocycles. The summed E-state index contributed by atoms with van der Waals surface area (Å²) >= 11 is 7.21. The number of aromatic nitrogens is 1. The number of nitrogens with zero attached hydrogens (tertiary/aromatic N) is 1. The highest BCUT2D eigenvalue weighted by Crippen LogP contribution is 2.24. The summed E-state index contributed by atoms with van der Waals surface area (Å²) < 4.78 is 5.50. The van der Waals surface area contributed by atoms with Crippen molar-refractivity contribution in [2.24, 2.45) is 0 Å². The molecule has 0 aliphatic rings. The minimum Gasteiger partial charge on any atom is -0.453 e. The number of Topliss-reactive ketones (excluding diaryl/α,β-unsaturated/α-hetero) is 1. The molecule has 0 saturated carbocycles. The summed E-state index contributed by atoms with van der Waals surface area (Å²) in [5.74, 6) is 0.182. The Kier molecular flexibility index (Phi) is 3.00. The molecule has 1 aromatic carbocycles. The number of halogens is 1. The van der Waals surface area contributed by atoms with E-state index >= 15 is 0 Å². The van der Waals surface area contributed by atoms with Crippen molar-refractivity contribution in [3.63, 3.8) is 0 Å². The van der Waals surface area contributed by atoms with Gasteiger partial charge in [0.15, 0.2) is 10.9 Å². The molecule has 2 aromatic heterocycles. The zero-order valence-electron chi connectivity index (χ0n) is 9.72. The Balaban J connectivity index is 1.89. The smallest absolute Gasteiger partial charge is 0.204 e. The Morgan fingerprint density at radius 2 is 2.26 bits per heavy atom. The second kappa shape index (κ2) is 4.68. The monoisotopic (exact) mass is 292 g/mol. The average Bonchev–Trinajstić information content (AvgIpc) is 2.95. The van der Waals surface area contributed by atoms with E-state index in [0.717, 1.165) is 5.39 Å². The van der Waals surface area contributed by atoms with E-state index in [1.54, 1.807) is 29.6 Å². The molecule has 96 valence electrons. The van der Waals surface area contributed by atoms with Crippen molar-refractivity contribution < 1.29 is 9.21 Å². The summed E-state index contributed by atoms with van der Waals surface area (Å²) in [6.07, 6.45) is 0.182. The van der Waals surface area contributed by atoms with Crippen molar-refractivity contribution in [2.45, 2.75) is 6.42 Å². The van der Waals surface area contributed by atoms with Gasteiger partial charge in [0, 0.05) is 15.8 Å². The Labute approximate surface area is 117 Å². The van der Waals surface area contributed by atoms with Crippen LogP contribution in [0.4, 0.5) is 5.13 Å². The summed E-state index contributed by atoms with van der Waals surface area (Å²) in [5.41, 5.74) is 6.83. The van der Waals surface area contributed by atoms with Gasteiger partial charge < -0.3 is 10.2 Å². The van der Waals surface area contributed by atoms with E-state index in [0.29, 0.717) is 27.2 Å². The summed E-state index contributed by atoms with van der Waals surface area (Å²) in [6, 6.07) is 6.93. The van der Waals surface area contributed by atoms with Crippen molar-refractivity contribution in [2.75, 3.05) is 5.73 Å². The van der Waals surface area contributed by atoms with Crippen LogP contribution in [0.3, 0.4) is 0 Å². The Bertz CT molecular complexity index is 763. The van der Waals surface area contributed by atoms with Gasteiger partial charge in [-0.25, -0.2) is 4.98 Å². The molecule has 0 aliphatic carbocycles. The SMILES string of the molecule is Nc1nc(CC(=O)c2cc3cc(Cl)ccc3o2)cs1. The molecular formula is C13H9ClN2O2S. The maximum Gasteiger partial charge on any atom is 0.204 e. The van der Waals surface area contributed by atoms with Gasteiger partial charge in [-0.3, -0.25) is 4.79 Å². The van der Waals surface area contributed by atoms with Crippen molar-refractivity contribution in [3.8, 4) is 0 Å². The van der Waals surface area contributed by atoms with Gasteiger partial charge in [0.25, 0.3) is 0 Å². The summed E-state index contributed by atoms with van der Waals surface area (Å²) in [6.45, 7) is 0. The third kappa shape index (κ3) is 2.47. The van der Waals surface area contributed by atoms with E-state index in [9.17, 15) is 4.79 Å². The lowest BCUT2D eigenvalue weighted by atomic mass is 10.2. The van der Waals surface area contributed by atoms with Gasteiger partial charge in [0.05, 0.1) is 12.1 Å². The fourth-order valence-electron chi connectivity index (χ4n) is 1.81. The maximum absolute atomic E-state index is 12.1. The van der Waals surface area contributed by atoms with Gasteiger partial charge in [0.2, 0.25) is 5.78 Å². The summed E-state index contributed by atoms with van der Waals surface area (Å²) in [7, 11) is 0. The van der Waals surface area contributed by atoms with Crippen molar-refractivity contribution in [1.82, 2.24) is 4.98 Å². The zero-order chi connectivity index (χ0) is 13.4. The summed E-state index contributed by atoms with van der Waals surface area (Å²) in [4.78, 5) is 16.1. The number of carbonyl (C=O) groups excluding carboxylic acids is 1. The van der Waals surface area contributed by atoms with Gasteiger partial charge in [-0.05, 0) is 24.3 Å². The van der Waals surface area contributed by atoms with E-state index < -0.39 is 0 Å². The molecule has 6 heteroatoms. The van der Waals surface area contributed by atoms with Crippen LogP contribution in [0.2, 0.25) is 5.02 Å². The largest absolute Gasteiger partial charge is 0.453 e. The fourth-order valence-corrected chi connectivity index (χ4v) is 2.55. The van der Waals surface area contributed by atoms with Gasteiger partial charge >= 0.3 is 0 Å². The molecule has 0 amide bonds. The third-order valence-electron chi connectivity index (χ3n) is 2.66. The quantitative estimate of drug-likeness (QED) is 0.750. The van der Waals surface area contributed by atoms with E-state index in [1.807, 2.05) is 0 Å². The molecule has 0 fully saturated rings. The number of benzene rings is 1. The number of nitrogens with two attached hydrogens (primary N) is 1. The topological polar surface area (TPSA) is 69.1 Å². The third-order valence-corrected chi connectivity index (χ3v) is 3.62. The first-order chi connectivity index (χ1) is 9.11. The molecule has 0 atom stereocenters. The predicted octanol–water partition coefficient (Wildman–Crippen LogP) is 3.55. The number of ketones is 1. The van der Waals surface area contributed by atoms with Crippen LogP contribution in [-0.4, -0.2) is 10.8 Å². The molecule has 3 rings (SSSR count). The van der Waals surface area contributed by atoms with Crippen molar-refractivity contribution in [1.29, 1.82) is 0 Å². The predicted molar refractivity (Wildman–Crippen MR) is 75.8 cm³/mol. The normalized spacial score (nSPS) is 11.0. The first-order valence-corrected chi connectivity index (χ1v) is 6.80. The number of carbonyl (C=O) groups is 1. The van der Waals surface area contributed by atoms with Crippen molar-refractivity contribution in [3.05, 3.63) is 46.1 Å². The number of hydrogen-bond acceptors (Lipinski definition) is 5.